The van der Waals surface area contributed by atoms with Crippen molar-refractivity contribution in [2.45, 2.75) is 6.92 Å². The van der Waals surface area contributed by atoms with Crippen molar-refractivity contribution in [3.8, 4) is 11.1 Å². The van der Waals surface area contributed by atoms with Crippen molar-refractivity contribution in [3.05, 3.63) is 52.8 Å². The second-order valence-corrected chi connectivity index (χ2v) is 3.91. The summed E-state index contributed by atoms with van der Waals surface area (Å²) in [5.41, 5.74) is 3.64. The summed E-state index contributed by atoms with van der Waals surface area (Å²) in [5.74, 6) is 0. The van der Waals surface area contributed by atoms with Gasteiger partial charge in [-0.05, 0) is 40.0 Å². The van der Waals surface area contributed by atoms with Crippen LogP contribution in [0.25, 0.3) is 11.1 Å². The number of halogens is 1. The summed E-state index contributed by atoms with van der Waals surface area (Å²) < 4.78 is 0.898. The van der Waals surface area contributed by atoms with Crippen LogP contribution >= 0.6 is 15.9 Å². The molecule has 0 spiro atoms. The first-order valence-corrected chi connectivity index (χ1v) is 5.25. The van der Waals surface area contributed by atoms with E-state index in [1.54, 1.807) is 6.20 Å². The summed E-state index contributed by atoms with van der Waals surface area (Å²) in [5, 5.41) is 0. The van der Waals surface area contributed by atoms with Gasteiger partial charge in [-0.2, -0.15) is 0 Å². The first-order valence-electron chi connectivity index (χ1n) is 4.45. The third-order valence-corrected chi connectivity index (χ3v) is 2.83. The molecule has 0 bridgehead atoms. The molecule has 0 unspecified atom stereocenters. The van der Waals surface area contributed by atoms with Crippen molar-refractivity contribution < 1.29 is 0 Å². The van der Waals surface area contributed by atoms with Gasteiger partial charge in [0.25, 0.3) is 0 Å². The largest absolute Gasteiger partial charge is 0.249 e. The summed E-state index contributed by atoms with van der Waals surface area (Å²) in [6.07, 6.45) is 1.78. The highest BCUT2D eigenvalue weighted by molar-refractivity contribution is 9.10. The van der Waals surface area contributed by atoms with Gasteiger partial charge in [0.2, 0.25) is 0 Å². The number of rotatable bonds is 1. The Morgan fingerprint density at radius 2 is 1.71 bits per heavy atom. The number of nitrogens with zero attached hydrogens (tertiary/aromatic N) is 1. The Morgan fingerprint density at radius 3 is 2.43 bits per heavy atom. The summed E-state index contributed by atoms with van der Waals surface area (Å²) in [4.78, 5) is 4.21. The first kappa shape index (κ1) is 9.41. The molecule has 2 heteroatoms. The van der Waals surface area contributed by atoms with E-state index in [4.69, 9.17) is 0 Å². The molecule has 0 radical (unpaired) electrons. The maximum Gasteiger partial charge on any atom is 0.113 e. The molecule has 14 heavy (non-hydrogen) atoms. The minimum Gasteiger partial charge on any atom is -0.249 e. The SMILES string of the molecule is Cc1ccccc1-c1cccnc1Br. The predicted octanol–water partition coefficient (Wildman–Crippen LogP) is 3.82. The normalized spacial score (nSPS) is 10.1. The van der Waals surface area contributed by atoms with Crippen molar-refractivity contribution in [2.24, 2.45) is 0 Å². The zero-order valence-electron chi connectivity index (χ0n) is 7.87. The van der Waals surface area contributed by atoms with Crippen LogP contribution in [0.15, 0.2) is 47.2 Å². The Bertz CT molecular complexity index is 408. The van der Waals surface area contributed by atoms with Gasteiger partial charge in [0, 0.05) is 11.8 Å². The molecule has 2 aromatic rings. The number of pyridine rings is 1. The van der Waals surface area contributed by atoms with Gasteiger partial charge in [-0.3, -0.25) is 0 Å². The topological polar surface area (TPSA) is 12.9 Å². The van der Waals surface area contributed by atoms with Crippen LogP contribution in [-0.2, 0) is 0 Å². The van der Waals surface area contributed by atoms with E-state index in [0.717, 1.165) is 10.2 Å². The molecular formula is C12H10BrN. The van der Waals surface area contributed by atoms with Gasteiger partial charge in [-0.25, -0.2) is 4.98 Å². The molecule has 0 saturated heterocycles. The minimum atomic E-state index is 0.898. The zero-order valence-corrected chi connectivity index (χ0v) is 9.45. The lowest BCUT2D eigenvalue weighted by Crippen LogP contribution is -1.85. The van der Waals surface area contributed by atoms with E-state index in [0.29, 0.717) is 0 Å². The maximum absolute atomic E-state index is 4.21. The highest BCUT2D eigenvalue weighted by Crippen LogP contribution is 2.28. The molecule has 0 saturated carbocycles. The summed E-state index contributed by atoms with van der Waals surface area (Å²) in [7, 11) is 0. The molecule has 1 nitrogen and oxygen atoms in total. The lowest BCUT2D eigenvalue weighted by Gasteiger charge is -2.06. The highest BCUT2D eigenvalue weighted by atomic mass is 79.9. The van der Waals surface area contributed by atoms with Crippen molar-refractivity contribution >= 4 is 15.9 Å². The minimum absolute atomic E-state index is 0.898. The summed E-state index contributed by atoms with van der Waals surface area (Å²) in [6.45, 7) is 2.11. The van der Waals surface area contributed by atoms with Crippen molar-refractivity contribution in [1.82, 2.24) is 4.98 Å². The smallest absolute Gasteiger partial charge is 0.113 e. The molecule has 1 aromatic heterocycles. The number of aromatic nitrogens is 1. The van der Waals surface area contributed by atoms with E-state index in [-0.39, 0.29) is 0 Å². The van der Waals surface area contributed by atoms with Gasteiger partial charge >= 0.3 is 0 Å². The van der Waals surface area contributed by atoms with Gasteiger partial charge in [-0.1, -0.05) is 30.3 Å². The predicted molar refractivity (Wildman–Crippen MR) is 62.1 cm³/mol. The molecule has 2 rings (SSSR count). The molecule has 0 atom stereocenters. The van der Waals surface area contributed by atoms with Crippen molar-refractivity contribution in [3.63, 3.8) is 0 Å². The van der Waals surface area contributed by atoms with E-state index in [9.17, 15) is 0 Å². The zero-order chi connectivity index (χ0) is 9.97. The van der Waals surface area contributed by atoms with Gasteiger partial charge < -0.3 is 0 Å². The number of aryl methyl sites for hydroxylation is 1. The Balaban J connectivity index is 2.61. The van der Waals surface area contributed by atoms with Crippen LogP contribution in [0.4, 0.5) is 0 Å². The van der Waals surface area contributed by atoms with Crippen LogP contribution in [0.5, 0.6) is 0 Å². The molecule has 70 valence electrons. The lowest BCUT2D eigenvalue weighted by atomic mass is 10.0. The molecule has 0 aliphatic rings. The fourth-order valence-electron chi connectivity index (χ4n) is 1.46. The van der Waals surface area contributed by atoms with Gasteiger partial charge in [0.1, 0.15) is 4.60 Å². The standard InChI is InChI=1S/C12H10BrN/c1-9-5-2-3-6-10(9)11-7-4-8-14-12(11)13/h2-8H,1H3. The van der Waals surface area contributed by atoms with E-state index in [1.807, 2.05) is 18.2 Å². The second kappa shape index (κ2) is 3.93. The van der Waals surface area contributed by atoms with Crippen LogP contribution in [0.1, 0.15) is 5.56 Å². The van der Waals surface area contributed by atoms with E-state index in [1.165, 1.54) is 11.1 Å². The molecule has 1 heterocycles. The average Bonchev–Trinajstić information content (AvgIpc) is 2.20. The monoisotopic (exact) mass is 247 g/mol. The molecule has 0 aliphatic carbocycles. The summed E-state index contributed by atoms with van der Waals surface area (Å²) in [6, 6.07) is 12.3. The Labute approximate surface area is 91.9 Å². The van der Waals surface area contributed by atoms with Crippen LogP contribution in [0, 0.1) is 6.92 Å². The van der Waals surface area contributed by atoms with Crippen molar-refractivity contribution in [1.29, 1.82) is 0 Å². The van der Waals surface area contributed by atoms with Crippen molar-refractivity contribution in [2.75, 3.05) is 0 Å². The fourth-order valence-corrected chi connectivity index (χ4v) is 1.93. The molecule has 0 N–H and O–H groups in total. The highest BCUT2D eigenvalue weighted by Gasteiger charge is 2.04. The van der Waals surface area contributed by atoms with Gasteiger partial charge in [0.05, 0.1) is 0 Å². The Hall–Kier alpha value is -1.15. The molecule has 0 amide bonds. The second-order valence-electron chi connectivity index (χ2n) is 3.16. The number of hydrogen-bond donors (Lipinski definition) is 0. The first-order chi connectivity index (χ1) is 6.79. The van der Waals surface area contributed by atoms with Gasteiger partial charge in [-0.15, -0.1) is 0 Å². The van der Waals surface area contributed by atoms with E-state index < -0.39 is 0 Å². The number of hydrogen-bond acceptors (Lipinski definition) is 1. The van der Waals surface area contributed by atoms with Crippen LogP contribution < -0.4 is 0 Å². The van der Waals surface area contributed by atoms with E-state index >= 15 is 0 Å². The lowest BCUT2D eigenvalue weighted by molar-refractivity contribution is 1.27. The Kier molecular flexibility index (Phi) is 2.64. The molecule has 0 fully saturated rings. The molecule has 0 aliphatic heterocycles. The number of benzene rings is 1. The third-order valence-electron chi connectivity index (χ3n) is 2.19. The fraction of sp³-hybridized carbons (Fsp3) is 0.0833. The quantitative estimate of drug-likeness (QED) is 0.699. The van der Waals surface area contributed by atoms with Crippen LogP contribution in [0.3, 0.4) is 0 Å². The summed E-state index contributed by atoms with van der Waals surface area (Å²) >= 11 is 3.46. The van der Waals surface area contributed by atoms with E-state index in [2.05, 4.69) is 46.0 Å². The van der Waals surface area contributed by atoms with Crippen LogP contribution in [0.2, 0.25) is 0 Å². The molecule has 1 aromatic carbocycles. The Morgan fingerprint density at radius 1 is 1.00 bits per heavy atom. The van der Waals surface area contributed by atoms with Gasteiger partial charge in [0.15, 0.2) is 0 Å². The average molecular weight is 248 g/mol. The third kappa shape index (κ3) is 1.70. The molecular weight excluding hydrogens is 238 g/mol. The van der Waals surface area contributed by atoms with Crippen LogP contribution in [-0.4, -0.2) is 4.98 Å². The maximum atomic E-state index is 4.21.